The molecule has 2 heterocycles. The summed E-state index contributed by atoms with van der Waals surface area (Å²) < 4.78 is 1.62. The highest BCUT2D eigenvalue weighted by molar-refractivity contribution is 5.38. The number of aromatic nitrogens is 4. The third-order valence-corrected chi connectivity index (χ3v) is 1.95. The van der Waals surface area contributed by atoms with Crippen LogP contribution < -0.4 is 5.73 Å². The zero-order chi connectivity index (χ0) is 10.1. The van der Waals surface area contributed by atoms with Crippen LogP contribution in [0.2, 0.25) is 0 Å². The summed E-state index contributed by atoms with van der Waals surface area (Å²) in [5.41, 5.74) is 7.45. The second-order valence-corrected chi connectivity index (χ2v) is 3.17. The number of anilines is 1. The van der Waals surface area contributed by atoms with Crippen molar-refractivity contribution < 1.29 is 0 Å². The first-order chi connectivity index (χ1) is 6.66. The minimum absolute atomic E-state index is 0.521. The van der Waals surface area contributed by atoms with E-state index in [0.29, 0.717) is 11.6 Å². The number of rotatable bonds is 1. The molecular weight excluding hydrogens is 178 g/mol. The summed E-state index contributed by atoms with van der Waals surface area (Å²) in [6.45, 7) is 3.79. The van der Waals surface area contributed by atoms with Gasteiger partial charge in [0, 0.05) is 11.8 Å². The molecule has 0 aromatic carbocycles. The Morgan fingerprint density at radius 3 is 2.50 bits per heavy atom. The first-order valence-corrected chi connectivity index (χ1v) is 4.29. The van der Waals surface area contributed by atoms with Gasteiger partial charge in [-0.05, 0) is 26.0 Å². The van der Waals surface area contributed by atoms with Gasteiger partial charge >= 0.3 is 0 Å². The van der Waals surface area contributed by atoms with Crippen LogP contribution in [0.3, 0.4) is 0 Å². The van der Waals surface area contributed by atoms with Crippen LogP contribution in [0, 0.1) is 13.8 Å². The van der Waals surface area contributed by atoms with Gasteiger partial charge in [0.15, 0.2) is 5.82 Å². The lowest BCUT2D eigenvalue weighted by Gasteiger charge is -1.97. The molecule has 0 aliphatic carbocycles. The molecule has 2 N–H and O–H groups in total. The monoisotopic (exact) mass is 189 g/mol. The molecule has 0 spiro atoms. The van der Waals surface area contributed by atoms with E-state index < -0.39 is 0 Å². The Bertz CT molecular complexity index is 423. The van der Waals surface area contributed by atoms with Crippen molar-refractivity contribution in [1.82, 2.24) is 20.0 Å². The number of nitrogen functional groups attached to an aromatic ring is 1. The van der Waals surface area contributed by atoms with Crippen molar-refractivity contribution in [2.75, 3.05) is 5.73 Å². The fourth-order valence-corrected chi connectivity index (χ4v) is 1.10. The molecule has 0 fully saturated rings. The molecule has 0 saturated carbocycles. The Labute approximate surface area is 81.6 Å². The van der Waals surface area contributed by atoms with Gasteiger partial charge in [-0.15, -0.1) is 10.2 Å². The van der Waals surface area contributed by atoms with E-state index in [1.165, 1.54) is 0 Å². The fraction of sp³-hybridized carbons (Fsp3) is 0.222. The summed E-state index contributed by atoms with van der Waals surface area (Å²) >= 11 is 0. The number of nitrogens with zero attached hydrogens (tertiary/aromatic N) is 4. The maximum Gasteiger partial charge on any atom is 0.175 e. The first-order valence-electron chi connectivity index (χ1n) is 4.29. The minimum atomic E-state index is 0.521. The van der Waals surface area contributed by atoms with E-state index in [1.807, 2.05) is 32.2 Å². The van der Waals surface area contributed by atoms with Crippen LogP contribution >= 0.6 is 0 Å². The van der Waals surface area contributed by atoms with Crippen LogP contribution in [0.1, 0.15) is 11.3 Å². The predicted molar refractivity (Wildman–Crippen MR) is 53.0 cm³/mol. The minimum Gasteiger partial charge on any atom is -0.382 e. The Morgan fingerprint density at radius 2 is 2.00 bits per heavy atom. The van der Waals surface area contributed by atoms with E-state index in [2.05, 4.69) is 15.3 Å². The summed E-state index contributed by atoms with van der Waals surface area (Å²) in [5.74, 6) is 1.20. The van der Waals surface area contributed by atoms with Crippen molar-refractivity contribution in [3.63, 3.8) is 0 Å². The van der Waals surface area contributed by atoms with Gasteiger partial charge in [0.05, 0.1) is 5.69 Å². The smallest absolute Gasteiger partial charge is 0.175 e. The highest BCUT2D eigenvalue weighted by atomic mass is 15.3. The van der Waals surface area contributed by atoms with E-state index in [9.17, 15) is 0 Å². The third kappa shape index (κ3) is 1.44. The molecule has 0 aliphatic rings. The SMILES string of the molecule is Cc1ccc(-n2cc(C)c(N)n2)nn1. The van der Waals surface area contributed by atoms with Crippen LogP contribution in [0.25, 0.3) is 5.82 Å². The molecule has 5 nitrogen and oxygen atoms in total. The van der Waals surface area contributed by atoms with Crippen LogP contribution in [0.4, 0.5) is 5.82 Å². The van der Waals surface area contributed by atoms with E-state index in [4.69, 9.17) is 5.73 Å². The lowest BCUT2D eigenvalue weighted by atomic mass is 10.4. The molecule has 72 valence electrons. The molecule has 2 aromatic rings. The van der Waals surface area contributed by atoms with Crippen molar-refractivity contribution in [3.05, 3.63) is 29.6 Å². The average Bonchev–Trinajstić information content (AvgIpc) is 2.48. The standard InChI is InChI=1S/C9H11N5/c1-6-5-14(13-9(6)10)8-4-3-7(2)11-12-8/h3-5H,1-2H3,(H2,10,13). The van der Waals surface area contributed by atoms with Gasteiger partial charge in [0.25, 0.3) is 0 Å². The predicted octanol–water partition coefficient (Wildman–Crippen LogP) is 0.861. The largest absolute Gasteiger partial charge is 0.382 e. The lowest BCUT2D eigenvalue weighted by molar-refractivity contribution is 0.809. The zero-order valence-electron chi connectivity index (χ0n) is 8.10. The normalized spacial score (nSPS) is 10.4. The third-order valence-electron chi connectivity index (χ3n) is 1.95. The van der Waals surface area contributed by atoms with Gasteiger partial charge in [-0.2, -0.15) is 5.10 Å². The summed E-state index contributed by atoms with van der Waals surface area (Å²) in [7, 11) is 0. The van der Waals surface area contributed by atoms with Crippen molar-refractivity contribution in [2.45, 2.75) is 13.8 Å². The summed E-state index contributed by atoms with van der Waals surface area (Å²) in [6.07, 6.45) is 1.83. The van der Waals surface area contributed by atoms with Crippen LogP contribution in [0.5, 0.6) is 0 Å². The maximum absolute atomic E-state index is 5.63. The van der Waals surface area contributed by atoms with Gasteiger partial charge < -0.3 is 5.73 Å². The quantitative estimate of drug-likeness (QED) is 0.722. The Hall–Kier alpha value is -1.91. The van der Waals surface area contributed by atoms with Crippen molar-refractivity contribution in [2.24, 2.45) is 0 Å². The zero-order valence-corrected chi connectivity index (χ0v) is 8.10. The van der Waals surface area contributed by atoms with Crippen LogP contribution in [0.15, 0.2) is 18.3 Å². The number of hydrogen-bond donors (Lipinski definition) is 1. The second kappa shape index (κ2) is 3.10. The van der Waals surface area contributed by atoms with E-state index in [0.717, 1.165) is 11.3 Å². The molecule has 0 aliphatic heterocycles. The van der Waals surface area contributed by atoms with E-state index >= 15 is 0 Å². The van der Waals surface area contributed by atoms with Crippen molar-refractivity contribution in [3.8, 4) is 5.82 Å². The number of aryl methyl sites for hydroxylation is 2. The molecule has 0 bridgehead atoms. The fourth-order valence-electron chi connectivity index (χ4n) is 1.10. The van der Waals surface area contributed by atoms with Gasteiger partial charge in [-0.1, -0.05) is 0 Å². The van der Waals surface area contributed by atoms with E-state index in [1.54, 1.807) is 4.68 Å². The Kier molecular flexibility index (Phi) is 1.92. The maximum atomic E-state index is 5.63. The van der Waals surface area contributed by atoms with Gasteiger partial charge in [0.1, 0.15) is 5.82 Å². The summed E-state index contributed by atoms with van der Waals surface area (Å²) in [5, 5.41) is 12.0. The van der Waals surface area contributed by atoms with Crippen LogP contribution in [-0.2, 0) is 0 Å². The molecule has 14 heavy (non-hydrogen) atoms. The van der Waals surface area contributed by atoms with Gasteiger partial charge in [0.2, 0.25) is 0 Å². The Morgan fingerprint density at radius 1 is 1.21 bits per heavy atom. The highest BCUT2D eigenvalue weighted by Crippen LogP contribution is 2.10. The molecule has 0 amide bonds. The number of nitrogens with two attached hydrogens (primary N) is 1. The van der Waals surface area contributed by atoms with Crippen molar-refractivity contribution in [1.29, 1.82) is 0 Å². The molecule has 5 heteroatoms. The number of hydrogen-bond acceptors (Lipinski definition) is 4. The lowest BCUT2D eigenvalue weighted by Crippen LogP contribution is -2.00. The average molecular weight is 189 g/mol. The highest BCUT2D eigenvalue weighted by Gasteiger charge is 2.03. The summed E-state index contributed by atoms with van der Waals surface area (Å²) in [6, 6.07) is 3.74. The molecule has 0 unspecified atom stereocenters. The van der Waals surface area contributed by atoms with Crippen LogP contribution in [-0.4, -0.2) is 20.0 Å². The Balaban J connectivity index is 2.44. The van der Waals surface area contributed by atoms with E-state index in [-0.39, 0.29) is 0 Å². The molecule has 0 atom stereocenters. The van der Waals surface area contributed by atoms with Gasteiger partial charge in [-0.25, -0.2) is 4.68 Å². The molecule has 2 aromatic heterocycles. The first kappa shape index (κ1) is 8.68. The molecule has 0 radical (unpaired) electrons. The molecule has 0 saturated heterocycles. The second-order valence-electron chi connectivity index (χ2n) is 3.17. The molecular formula is C9H11N5. The summed E-state index contributed by atoms with van der Waals surface area (Å²) in [4.78, 5) is 0. The van der Waals surface area contributed by atoms with Gasteiger partial charge in [-0.3, -0.25) is 0 Å². The molecule has 2 rings (SSSR count). The van der Waals surface area contributed by atoms with Crippen molar-refractivity contribution >= 4 is 5.82 Å². The topological polar surface area (TPSA) is 69.6 Å².